The molecule has 9 heteroatoms. The number of esters is 1. The van der Waals surface area contributed by atoms with Gasteiger partial charge in [0.05, 0.1) is 14.8 Å². The zero-order chi connectivity index (χ0) is 24.3. The van der Waals surface area contributed by atoms with Gasteiger partial charge in [-0.05, 0) is 51.2 Å². The summed E-state index contributed by atoms with van der Waals surface area (Å²) in [4.78, 5) is 18.1. The van der Waals surface area contributed by atoms with E-state index in [1.54, 1.807) is 39.8 Å². The van der Waals surface area contributed by atoms with E-state index in [0.29, 0.717) is 6.42 Å². The van der Waals surface area contributed by atoms with Crippen molar-refractivity contribution in [2.24, 2.45) is 0 Å². The van der Waals surface area contributed by atoms with Crippen LogP contribution in [0.25, 0.3) is 17.7 Å². The molecule has 1 unspecified atom stereocenters. The Hall–Kier alpha value is -1.90. The van der Waals surface area contributed by atoms with Gasteiger partial charge in [0.2, 0.25) is 0 Å². The van der Waals surface area contributed by atoms with Crippen LogP contribution in [0.1, 0.15) is 52.0 Å². The number of fused-ring (bicyclic) bond motifs is 1. The number of aromatic nitrogens is 1. The number of hydrogen-bond donors (Lipinski definition) is 0. The third-order valence-corrected chi connectivity index (χ3v) is 9.60. The lowest BCUT2D eigenvalue weighted by Gasteiger charge is -2.33. The van der Waals surface area contributed by atoms with Gasteiger partial charge >= 0.3 is 5.97 Å². The molecule has 0 amide bonds. The zero-order valence-electron chi connectivity index (χ0n) is 19.5. The number of ether oxygens (including phenoxy) is 2. The first-order chi connectivity index (χ1) is 15.5. The van der Waals surface area contributed by atoms with Crippen LogP contribution >= 0.6 is 23.1 Å². The van der Waals surface area contributed by atoms with Gasteiger partial charge < -0.3 is 9.47 Å². The van der Waals surface area contributed by atoms with Crippen molar-refractivity contribution in [3.05, 3.63) is 48.5 Å². The van der Waals surface area contributed by atoms with Gasteiger partial charge in [-0.15, -0.1) is 17.1 Å². The normalized spacial score (nSPS) is 17.6. The Kier molecular flexibility index (Phi) is 7.91. The van der Waals surface area contributed by atoms with Crippen LogP contribution in [0.15, 0.2) is 33.6 Å². The number of carbonyl (C=O) groups excluding carboxylic acids is 1. The fourth-order valence-electron chi connectivity index (χ4n) is 3.52. The van der Waals surface area contributed by atoms with Crippen LogP contribution in [-0.4, -0.2) is 43.4 Å². The first-order valence-corrected chi connectivity index (χ1v) is 13.9. The molecule has 2 aliphatic rings. The van der Waals surface area contributed by atoms with Crippen molar-refractivity contribution in [1.82, 2.24) is 4.98 Å². The summed E-state index contributed by atoms with van der Waals surface area (Å²) in [5, 5.41) is 5.38. The number of allylic oxidation sites excluding steroid dienone is 4. The highest BCUT2D eigenvalue weighted by Gasteiger charge is 2.52. The molecule has 3 rings (SSSR count). The third kappa shape index (κ3) is 5.44. The summed E-state index contributed by atoms with van der Waals surface area (Å²) in [5.41, 5.74) is 3.18. The first-order valence-electron chi connectivity index (χ1n) is 10.7. The second-order valence-electron chi connectivity index (χ2n) is 8.69. The monoisotopic (exact) mass is 507 g/mol. The molecule has 0 saturated carbocycles. The van der Waals surface area contributed by atoms with Crippen molar-refractivity contribution in [1.29, 1.82) is 0 Å². The molecule has 0 saturated heterocycles. The second-order valence-corrected chi connectivity index (χ2v) is 12.7. The molecule has 0 spiro atoms. The van der Waals surface area contributed by atoms with Gasteiger partial charge in [-0.3, -0.25) is 4.79 Å². The van der Waals surface area contributed by atoms with Crippen molar-refractivity contribution in [2.45, 2.75) is 57.3 Å². The van der Waals surface area contributed by atoms with Crippen LogP contribution in [0.3, 0.4) is 0 Å². The van der Waals surface area contributed by atoms with Gasteiger partial charge in [0.15, 0.2) is 14.6 Å². The van der Waals surface area contributed by atoms with E-state index in [9.17, 15) is 13.2 Å². The molecule has 1 aromatic heterocycles. The predicted molar refractivity (Wildman–Crippen MR) is 135 cm³/mol. The maximum Gasteiger partial charge on any atom is 0.328 e. The molecule has 1 aliphatic carbocycles. The molecule has 0 bridgehead atoms. The number of carbonyl (C=O) groups is 1. The molecule has 0 fully saturated rings. The van der Waals surface area contributed by atoms with Crippen molar-refractivity contribution >= 4 is 56.6 Å². The maximum atomic E-state index is 14.0. The van der Waals surface area contributed by atoms with Gasteiger partial charge in [-0.1, -0.05) is 30.8 Å². The lowest BCUT2D eigenvalue weighted by Crippen LogP contribution is -2.50. The molecule has 6 nitrogen and oxygen atoms in total. The van der Waals surface area contributed by atoms with E-state index < -0.39 is 26.2 Å². The molecule has 0 radical (unpaired) electrons. The number of hydrogen-bond acceptors (Lipinski definition) is 8. The van der Waals surface area contributed by atoms with E-state index in [0.717, 1.165) is 20.5 Å². The fourth-order valence-corrected chi connectivity index (χ4v) is 7.25. The Morgan fingerprint density at radius 1 is 1.27 bits per heavy atom. The lowest BCUT2D eigenvalue weighted by atomic mass is 10.0. The number of rotatable bonds is 8. The molecular weight excluding hydrogens is 478 g/mol. The standard InChI is InChI=1S/C24H29NO5S3/c1-6-24(12-13-29-5,22(26)30-23(2,3)4)33(27,28)18-10-7-11-19-20(15-18)32-21(25-19)17-9-8-14-31-16-17/h9-11,14-16H,6-7,12-13H2,1-5H3. The van der Waals surface area contributed by atoms with Crippen LogP contribution in [0.2, 0.25) is 0 Å². The average Bonchev–Trinajstić information content (AvgIpc) is 3.05. The molecular formula is C24H29NO5S3. The van der Waals surface area contributed by atoms with Crippen LogP contribution < -0.4 is 9.88 Å². The van der Waals surface area contributed by atoms with Crippen LogP contribution in [-0.2, 0) is 24.1 Å². The fraction of sp³-hybridized carbons (Fsp3) is 0.458. The Morgan fingerprint density at radius 2 is 2.03 bits per heavy atom. The highest BCUT2D eigenvalue weighted by molar-refractivity contribution is 8.05. The Balaban J connectivity index is 2.10. The van der Waals surface area contributed by atoms with E-state index in [1.807, 2.05) is 23.0 Å². The second kappa shape index (κ2) is 10.2. The molecule has 2 heterocycles. The first kappa shape index (κ1) is 25.7. The number of thiazole rings is 1. The predicted octanol–water partition coefficient (Wildman–Crippen LogP) is 3.69. The van der Waals surface area contributed by atoms with Crippen LogP contribution in [0, 0.1) is 0 Å². The van der Waals surface area contributed by atoms with E-state index in [1.165, 1.54) is 30.2 Å². The molecule has 33 heavy (non-hydrogen) atoms. The summed E-state index contributed by atoms with van der Waals surface area (Å²) in [7, 11) is -2.61. The number of nitrogens with zero attached hydrogens (tertiary/aromatic N) is 1. The summed E-state index contributed by atoms with van der Waals surface area (Å²) >= 11 is 2.94. The Labute approximate surface area is 203 Å². The largest absolute Gasteiger partial charge is 0.459 e. The van der Waals surface area contributed by atoms with Gasteiger partial charge in [-0.2, -0.15) is 0 Å². The van der Waals surface area contributed by atoms with Crippen molar-refractivity contribution in [2.75, 3.05) is 13.7 Å². The minimum atomic E-state index is -4.10. The smallest absolute Gasteiger partial charge is 0.328 e. The quantitative estimate of drug-likeness (QED) is 0.392. The van der Waals surface area contributed by atoms with Crippen LogP contribution in [0.4, 0.5) is 0 Å². The molecule has 1 atom stereocenters. The lowest BCUT2D eigenvalue weighted by molar-refractivity contribution is -0.158. The summed E-state index contributed by atoms with van der Waals surface area (Å²) in [5.74, 6) is -0.747. The van der Waals surface area contributed by atoms with Crippen molar-refractivity contribution in [3.63, 3.8) is 0 Å². The highest BCUT2D eigenvalue weighted by Crippen LogP contribution is 2.36. The van der Waals surface area contributed by atoms with Gasteiger partial charge in [0.25, 0.3) is 0 Å². The maximum absolute atomic E-state index is 14.0. The van der Waals surface area contributed by atoms with Gasteiger partial charge in [-0.25, -0.2) is 13.4 Å². The summed E-state index contributed by atoms with van der Waals surface area (Å²) in [6, 6.07) is 0. The average molecular weight is 508 g/mol. The number of methoxy groups -OCH3 is 1. The molecule has 0 aromatic carbocycles. The summed E-state index contributed by atoms with van der Waals surface area (Å²) in [6.45, 7) is 7.00. The summed E-state index contributed by atoms with van der Waals surface area (Å²) in [6.07, 6.45) is 7.51. The Morgan fingerprint density at radius 3 is 2.64 bits per heavy atom. The molecule has 1 aromatic rings. The van der Waals surface area contributed by atoms with Gasteiger partial charge in [0, 0.05) is 31.1 Å². The van der Waals surface area contributed by atoms with E-state index in [2.05, 4.69) is 5.73 Å². The Bertz CT molecular complexity index is 1270. The molecule has 178 valence electrons. The molecule has 0 N–H and O–H groups in total. The molecule has 1 aliphatic heterocycles. The topological polar surface area (TPSA) is 82.6 Å². The number of thioether (sulfide) groups is 1. The van der Waals surface area contributed by atoms with Crippen molar-refractivity contribution in [3.8, 4) is 0 Å². The zero-order valence-corrected chi connectivity index (χ0v) is 22.0. The van der Waals surface area contributed by atoms with E-state index in [4.69, 9.17) is 14.5 Å². The summed E-state index contributed by atoms with van der Waals surface area (Å²) < 4.78 is 37.8. The third-order valence-electron chi connectivity index (χ3n) is 5.28. The minimum Gasteiger partial charge on any atom is -0.459 e. The highest BCUT2D eigenvalue weighted by atomic mass is 32.2. The SMILES string of the molecule is CCC(CCOC)(C(=O)OC(C)(C)C)S(=O)(=O)C1=CCC=c2nc(C3=CSC=C=C3)sc2=C1. The number of sulfone groups is 1. The van der Waals surface area contributed by atoms with Gasteiger partial charge in [0.1, 0.15) is 10.6 Å². The van der Waals surface area contributed by atoms with E-state index >= 15 is 0 Å². The van der Waals surface area contributed by atoms with Crippen LogP contribution in [0.5, 0.6) is 0 Å². The van der Waals surface area contributed by atoms with Crippen molar-refractivity contribution < 1.29 is 22.7 Å². The minimum absolute atomic E-state index is 0.00811. The van der Waals surface area contributed by atoms with E-state index in [-0.39, 0.29) is 24.4 Å².